The van der Waals surface area contributed by atoms with E-state index < -0.39 is 11.7 Å². The molecule has 3 aromatic rings. The number of alkyl carbamates (subject to hydrolysis) is 1. The third kappa shape index (κ3) is 4.09. The van der Waals surface area contributed by atoms with Crippen LogP contribution in [-0.2, 0) is 4.74 Å². The number of pyridine rings is 2. The van der Waals surface area contributed by atoms with E-state index in [1.807, 2.05) is 32.9 Å². The molecule has 1 unspecified atom stereocenters. The molecule has 3 aromatic heterocycles. The number of carbonyl (C=O) groups is 1. The molecule has 1 fully saturated rings. The van der Waals surface area contributed by atoms with Gasteiger partial charge >= 0.3 is 6.09 Å². The van der Waals surface area contributed by atoms with Gasteiger partial charge in [0.25, 0.3) is 0 Å². The average molecular weight is 412 g/mol. The van der Waals surface area contributed by atoms with Crippen LogP contribution in [0.15, 0.2) is 24.5 Å². The smallest absolute Gasteiger partial charge is 0.407 e. The first kappa shape index (κ1) is 20.5. The largest absolute Gasteiger partial charge is 0.444 e. The minimum atomic E-state index is -0.700. The zero-order valence-corrected chi connectivity index (χ0v) is 17.9. The maximum absolute atomic E-state index is 12.1. The van der Waals surface area contributed by atoms with E-state index in [0.717, 1.165) is 47.8 Å². The van der Waals surface area contributed by atoms with Gasteiger partial charge in [-0.1, -0.05) is 0 Å². The van der Waals surface area contributed by atoms with Crippen molar-refractivity contribution in [1.82, 2.24) is 24.8 Å². The molecule has 1 saturated carbocycles. The molecule has 0 aliphatic heterocycles. The number of aromatic nitrogens is 4. The van der Waals surface area contributed by atoms with E-state index in [-0.39, 0.29) is 18.2 Å². The van der Waals surface area contributed by atoms with Crippen molar-refractivity contribution in [2.45, 2.75) is 77.2 Å². The molecule has 0 bridgehead atoms. The zero-order valence-electron chi connectivity index (χ0n) is 17.9. The summed E-state index contributed by atoms with van der Waals surface area (Å²) in [5.74, 6) is 0.633. The Morgan fingerprint density at radius 3 is 2.63 bits per heavy atom. The molecule has 0 spiro atoms. The predicted molar refractivity (Wildman–Crippen MR) is 114 cm³/mol. The van der Waals surface area contributed by atoms with Crippen molar-refractivity contribution in [2.75, 3.05) is 0 Å². The molecule has 30 heavy (non-hydrogen) atoms. The van der Waals surface area contributed by atoms with Crippen LogP contribution >= 0.6 is 0 Å². The molecule has 1 aliphatic carbocycles. The first-order chi connectivity index (χ1) is 14.2. The third-order valence-electron chi connectivity index (χ3n) is 5.46. The second kappa shape index (κ2) is 7.83. The predicted octanol–water partition coefficient (Wildman–Crippen LogP) is 4.04. The van der Waals surface area contributed by atoms with Crippen LogP contribution < -0.4 is 5.32 Å². The monoisotopic (exact) mass is 411 g/mol. The second-order valence-electron chi connectivity index (χ2n) is 9.03. The number of fused-ring (bicyclic) bond motifs is 3. The lowest BCUT2D eigenvalue weighted by Crippen LogP contribution is -2.41. The molecule has 8 nitrogen and oxygen atoms in total. The molecule has 160 valence electrons. The highest BCUT2D eigenvalue weighted by Crippen LogP contribution is 2.36. The topological polar surface area (TPSA) is 102 Å². The summed E-state index contributed by atoms with van der Waals surface area (Å²) in [6, 6.07) is 4.05. The van der Waals surface area contributed by atoms with Gasteiger partial charge in [0.2, 0.25) is 0 Å². The SMILES string of the molecule is CC(O)c1nc2cnc3cccnc3c2n1C1CCC(NC(=O)OC(C)(C)C)CC1. The van der Waals surface area contributed by atoms with E-state index in [1.165, 1.54) is 0 Å². The summed E-state index contributed by atoms with van der Waals surface area (Å²) in [6.45, 7) is 7.31. The molecule has 1 aliphatic rings. The Morgan fingerprint density at radius 1 is 1.23 bits per heavy atom. The van der Waals surface area contributed by atoms with Gasteiger partial charge in [0.15, 0.2) is 0 Å². The lowest BCUT2D eigenvalue weighted by atomic mass is 9.90. The van der Waals surface area contributed by atoms with Crippen molar-refractivity contribution >= 4 is 28.2 Å². The third-order valence-corrected chi connectivity index (χ3v) is 5.46. The van der Waals surface area contributed by atoms with Gasteiger partial charge < -0.3 is 19.7 Å². The van der Waals surface area contributed by atoms with Crippen LogP contribution in [0.3, 0.4) is 0 Å². The summed E-state index contributed by atoms with van der Waals surface area (Å²) in [4.78, 5) is 25.8. The maximum atomic E-state index is 12.1. The number of nitrogens with one attached hydrogen (secondary N) is 1. The first-order valence-corrected chi connectivity index (χ1v) is 10.5. The minimum Gasteiger partial charge on any atom is -0.444 e. The molecular weight excluding hydrogens is 382 g/mol. The van der Waals surface area contributed by atoms with Crippen LogP contribution in [-0.4, -0.2) is 42.4 Å². The van der Waals surface area contributed by atoms with Crippen molar-refractivity contribution in [2.24, 2.45) is 0 Å². The molecule has 8 heteroatoms. The average Bonchev–Trinajstić information content (AvgIpc) is 3.07. The number of rotatable bonds is 3. The molecule has 1 atom stereocenters. The fourth-order valence-corrected chi connectivity index (χ4v) is 4.22. The standard InChI is InChI=1S/C22H29N5O3/c1-13(28)20-26-17-12-24-16-6-5-11-23-18(16)19(17)27(20)15-9-7-14(8-10-15)25-21(29)30-22(2,3)4/h5-6,11-15,28H,7-10H2,1-4H3,(H,25,29). The van der Waals surface area contributed by atoms with Crippen LogP contribution in [0.25, 0.3) is 22.1 Å². The number of carbonyl (C=O) groups excluding carboxylic acids is 1. The summed E-state index contributed by atoms with van der Waals surface area (Å²) >= 11 is 0. The minimum absolute atomic E-state index is 0.0809. The van der Waals surface area contributed by atoms with Gasteiger partial charge in [-0.05, 0) is 65.5 Å². The van der Waals surface area contributed by atoms with Crippen LogP contribution in [0.5, 0.6) is 0 Å². The molecule has 0 radical (unpaired) electrons. The fourth-order valence-electron chi connectivity index (χ4n) is 4.22. The Bertz CT molecular complexity index is 1060. The number of nitrogens with zero attached hydrogens (tertiary/aromatic N) is 4. The number of imidazole rings is 1. The summed E-state index contributed by atoms with van der Waals surface area (Å²) in [7, 11) is 0. The van der Waals surface area contributed by atoms with E-state index in [2.05, 4.69) is 24.8 Å². The van der Waals surface area contributed by atoms with E-state index in [4.69, 9.17) is 4.74 Å². The molecule has 2 N–H and O–H groups in total. The summed E-state index contributed by atoms with van der Waals surface area (Å²) < 4.78 is 7.52. The summed E-state index contributed by atoms with van der Waals surface area (Å²) in [5, 5.41) is 13.4. The Morgan fingerprint density at radius 2 is 1.97 bits per heavy atom. The molecule has 0 aromatic carbocycles. The molecule has 3 heterocycles. The van der Waals surface area contributed by atoms with Gasteiger partial charge in [-0.2, -0.15) is 0 Å². The number of hydrogen-bond acceptors (Lipinski definition) is 6. The number of hydrogen-bond donors (Lipinski definition) is 2. The van der Waals surface area contributed by atoms with Crippen molar-refractivity contribution < 1.29 is 14.6 Å². The van der Waals surface area contributed by atoms with Crippen molar-refractivity contribution in [3.8, 4) is 0 Å². The lowest BCUT2D eigenvalue weighted by molar-refractivity contribution is 0.0488. The Kier molecular flexibility index (Phi) is 5.36. The van der Waals surface area contributed by atoms with Crippen LogP contribution in [0.4, 0.5) is 4.79 Å². The van der Waals surface area contributed by atoms with Gasteiger partial charge in [0.1, 0.15) is 28.6 Å². The van der Waals surface area contributed by atoms with Crippen LogP contribution in [0.2, 0.25) is 0 Å². The van der Waals surface area contributed by atoms with Crippen molar-refractivity contribution in [3.63, 3.8) is 0 Å². The fraction of sp³-hybridized carbons (Fsp3) is 0.545. The van der Waals surface area contributed by atoms with E-state index in [0.29, 0.717) is 5.82 Å². The highest BCUT2D eigenvalue weighted by atomic mass is 16.6. The van der Waals surface area contributed by atoms with Gasteiger partial charge in [0.05, 0.1) is 17.2 Å². The Balaban J connectivity index is 1.60. The summed E-state index contributed by atoms with van der Waals surface area (Å²) in [6.07, 6.45) is 5.82. The van der Waals surface area contributed by atoms with E-state index in [9.17, 15) is 9.90 Å². The van der Waals surface area contributed by atoms with Crippen molar-refractivity contribution in [3.05, 3.63) is 30.4 Å². The summed E-state index contributed by atoms with van der Waals surface area (Å²) in [5.41, 5.74) is 2.75. The number of aliphatic hydroxyl groups is 1. The molecule has 1 amide bonds. The Labute approximate surface area is 175 Å². The van der Waals surface area contributed by atoms with E-state index >= 15 is 0 Å². The van der Waals surface area contributed by atoms with Gasteiger partial charge in [0, 0.05) is 18.3 Å². The first-order valence-electron chi connectivity index (χ1n) is 10.5. The maximum Gasteiger partial charge on any atom is 0.407 e. The lowest BCUT2D eigenvalue weighted by Gasteiger charge is -2.32. The second-order valence-corrected chi connectivity index (χ2v) is 9.03. The van der Waals surface area contributed by atoms with Gasteiger partial charge in [-0.3, -0.25) is 9.97 Å². The number of amides is 1. The van der Waals surface area contributed by atoms with Crippen LogP contribution in [0, 0.1) is 0 Å². The number of ether oxygens (including phenoxy) is 1. The molecule has 4 rings (SSSR count). The Hall–Kier alpha value is -2.74. The van der Waals surface area contributed by atoms with Gasteiger partial charge in [-0.15, -0.1) is 0 Å². The van der Waals surface area contributed by atoms with Crippen LogP contribution in [0.1, 0.15) is 71.3 Å². The highest BCUT2D eigenvalue weighted by molar-refractivity contribution is 5.99. The number of aliphatic hydroxyl groups excluding tert-OH is 1. The molecule has 0 saturated heterocycles. The quantitative estimate of drug-likeness (QED) is 0.674. The van der Waals surface area contributed by atoms with E-state index in [1.54, 1.807) is 19.3 Å². The normalized spacial score (nSPS) is 21.0. The highest BCUT2D eigenvalue weighted by Gasteiger charge is 2.29. The van der Waals surface area contributed by atoms with Gasteiger partial charge in [-0.25, -0.2) is 9.78 Å². The van der Waals surface area contributed by atoms with Crippen molar-refractivity contribution in [1.29, 1.82) is 0 Å². The zero-order chi connectivity index (χ0) is 21.5. The molecular formula is C22H29N5O3.